The van der Waals surface area contributed by atoms with Gasteiger partial charge in [-0.1, -0.05) is 12.1 Å². The van der Waals surface area contributed by atoms with Gasteiger partial charge in [0.2, 0.25) is 29.1 Å². The molecular weight excluding hydrogens is 329 g/mol. The maximum atomic E-state index is 13.6. The molecule has 7 heteroatoms. The Morgan fingerprint density at radius 2 is 1.33 bits per heavy atom. The lowest BCUT2D eigenvalue weighted by Gasteiger charge is -2.33. The van der Waals surface area contributed by atoms with Gasteiger partial charge < -0.3 is 9.64 Å². The topological polar surface area (TPSA) is 12.5 Å². The molecule has 24 heavy (non-hydrogen) atoms. The Labute approximate surface area is 135 Å². The van der Waals surface area contributed by atoms with Crippen LogP contribution in [0.1, 0.15) is 12.8 Å². The number of ether oxygens (including phenoxy) is 1. The van der Waals surface area contributed by atoms with Crippen molar-refractivity contribution in [1.82, 2.24) is 0 Å². The van der Waals surface area contributed by atoms with Crippen LogP contribution in [0.3, 0.4) is 0 Å². The molecule has 0 amide bonds. The Bertz CT molecular complexity index is 701. The second-order valence-corrected chi connectivity index (χ2v) is 5.46. The van der Waals surface area contributed by atoms with Crippen molar-refractivity contribution in [3.05, 3.63) is 59.4 Å². The summed E-state index contributed by atoms with van der Waals surface area (Å²) in [5, 5.41) is 0. The number of anilines is 1. The molecule has 1 aliphatic heterocycles. The van der Waals surface area contributed by atoms with E-state index in [-0.39, 0.29) is 0 Å². The molecule has 1 aliphatic rings. The van der Waals surface area contributed by atoms with E-state index in [1.54, 1.807) is 12.1 Å². The first-order valence-electron chi connectivity index (χ1n) is 7.38. The van der Waals surface area contributed by atoms with Gasteiger partial charge in [0.05, 0.1) is 0 Å². The standard InChI is InChI=1S/C17H13F5NO/c18-12-13(19)15(21)17(16(22)14(12)20)24-11-6-8-23(9-7-11)10-4-2-1-3-5-10/h2-5,11H,6-9H2. The van der Waals surface area contributed by atoms with Crippen LogP contribution in [0, 0.1) is 35.2 Å². The summed E-state index contributed by atoms with van der Waals surface area (Å²) in [4.78, 5) is 2.05. The van der Waals surface area contributed by atoms with Crippen LogP contribution in [-0.2, 0) is 0 Å². The predicted octanol–water partition coefficient (Wildman–Crippen LogP) is 4.23. The highest BCUT2D eigenvalue weighted by Gasteiger charge is 2.30. The highest BCUT2D eigenvalue weighted by Crippen LogP contribution is 2.31. The maximum absolute atomic E-state index is 13.6. The van der Waals surface area contributed by atoms with Crippen molar-refractivity contribution in [3.8, 4) is 5.75 Å². The molecule has 2 nitrogen and oxygen atoms in total. The molecule has 0 unspecified atom stereocenters. The minimum atomic E-state index is -2.19. The molecule has 0 atom stereocenters. The third-order valence-corrected chi connectivity index (χ3v) is 3.96. The van der Waals surface area contributed by atoms with Gasteiger partial charge in [-0.25, -0.2) is 13.2 Å². The summed E-state index contributed by atoms with van der Waals surface area (Å²) in [6.07, 6.45) is 0.181. The quantitative estimate of drug-likeness (QED) is 0.470. The molecule has 0 aromatic heterocycles. The minimum Gasteiger partial charge on any atom is -0.484 e. The molecule has 0 aliphatic carbocycles. The first-order valence-corrected chi connectivity index (χ1v) is 7.38. The number of hydrogen-bond donors (Lipinski definition) is 0. The Kier molecular flexibility index (Phi) is 4.59. The van der Waals surface area contributed by atoms with E-state index in [0.717, 1.165) is 5.69 Å². The van der Waals surface area contributed by atoms with E-state index in [1.807, 2.05) is 17.0 Å². The van der Waals surface area contributed by atoms with Crippen LogP contribution in [0.2, 0.25) is 0 Å². The van der Waals surface area contributed by atoms with Crippen molar-refractivity contribution >= 4 is 5.69 Å². The molecule has 1 fully saturated rings. The van der Waals surface area contributed by atoms with Crippen LogP contribution >= 0.6 is 0 Å². The summed E-state index contributed by atoms with van der Waals surface area (Å²) in [6.45, 7) is 1.09. The van der Waals surface area contributed by atoms with E-state index in [1.165, 1.54) is 0 Å². The number of halogens is 5. The zero-order valence-corrected chi connectivity index (χ0v) is 12.5. The van der Waals surface area contributed by atoms with Crippen molar-refractivity contribution in [3.63, 3.8) is 0 Å². The van der Waals surface area contributed by atoms with E-state index >= 15 is 0 Å². The zero-order chi connectivity index (χ0) is 17.3. The van der Waals surface area contributed by atoms with Crippen LogP contribution in [0.25, 0.3) is 0 Å². The molecule has 1 heterocycles. The van der Waals surface area contributed by atoms with Crippen molar-refractivity contribution in [2.75, 3.05) is 18.0 Å². The fourth-order valence-electron chi connectivity index (χ4n) is 2.68. The van der Waals surface area contributed by atoms with Crippen LogP contribution in [0.5, 0.6) is 5.75 Å². The van der Waals surface area contributed by atoms with E-state index < -0.39 is 40.9 Å². The summed E-state index contributed by atoms with van der Waals surface area (Å²) >= 11 is 0. The first kappa shape index (κ1) is 16.5. The Morgan fingerprint density at radius 1 is 0.833 bits per heavy atom. The zero-order valence-electron chi connectivity index (χ0n) is 12.5. The average molecular weight is 342 g/mol. The third-order valence-electron chi connectivity index (χ3n) is 3.96. The number of piperidine rings is 1. The van der Waals surface area contributed by atoms with Gasteiger partial charge in [0.15, 0.2) is 5.75 Å². The summed E-state index contributed by atoms with van der Waals surface area (Å²) in [6, 6.07) is 10.2. The molecule has 2 aromatic rings. The summed E-state index contributed by atoms with van der Waals surface area (Å²) in [5.74, 6) is -11.3. The fraction of sp³-hybridized carbons (Fsp3) is 0.294. The van der Waals surface area contributed by atoms with Crippen LogP contribution < -0.4 is 9.64 Å². The van der Waals surface area contributed by atoms with Crippen molar-refractivity contribution in [2.45, 2.75) is 18.9 Å². The molecule has 1 radical (unpaired) electrons. The Balaban J connectivity index is 1.71. The van der Waals surface area contributed by atoms with E-state index in [4.69, 9.17) is 4.74 Å². The molecule has 1 saturated heterocycles. The SMILES string of the molecule is Fc1c(F)c(F)c(OC2CCN(c3cc[c]cc3)CC2)c(F)c1F. The van der Waals surface area contributed by atoms with Crippen molar-refractivity contribution < 1.29 is 26.7 Å². The normalized spacial score (nSPS) is 15.6. The third kappa shape index (κ3) is 3.02. The molecule has 2 aromatic carbocycles. The number of nitrogens with zero attached hydrogens (tertiary/aromatic N) is 1. The molecule has 0 saturated carbocycles. The maximum Gasteiger partial charge on any atom is 0.207 e. The average Bonchev–Trinajstić information content (AvgIpc) is 2.63. The summed E-state index contributed by atoms with van der Waals surface area (Å²) in [7, 11) is 0. The smallest absolute Gasteiger partial charge is 0.207 e. The van der Waals surface area contributed by atoms with Gasteiger partial charge in [0.25, 0.3) is 0 Å². The first-order chi connectivity index (χ1) is 11.5. The van der Waals surface area contributed by atoms with Crippen LogP contribution in [0.15, 0.2) is 24.3 Å². The Morgan fingerprint density at radius 3 is 1.88 bits per heavy atom. The number of benzene rings is 2. The van der Waals surface area contributed by atoms with Crippen molar-refractivity contribution in [1.29, 1.82) is 0 Å². The highest BCUT2D eigenvalue weighted by atomic mass is 19.2. The summed E-state index contributed by atoms with van der Waals surface area (Å²) in [5.41, 5.74) is 0.975. The van der Waals surface area contributed by atoms with E-state index in [2.05, 4.69) is 6.07 Å². The minimum absolute atomic E-state index is 0.401. The van der Waals surface area contributed by atoms with Crippen molar-refractivity contribution in [2.24, 2.45) is 0 Å². The van der Waals surface area contributed by atoms with Crippen LogP contribution in [0.4, 0.5) is 27.6 Å². The largest absolute Gasteiger partial charge is 0.484 e. The molecule has 3 rings (SSSR count). The van der Waals surface area contributed by atoms with E-state index in [0.29, 0.717) is 25.9 Å². The summed E-state index contributed by atoms with van der Waals surface area (Å²) < 4.78 is 71.8. The van der Waals surface area contributed by atoms with Gasteiger partial charge in [-0.15, -0.1) is 0 Å². The van der Waals surface area contributed by atoms with E-state index in [9.17, 15) is 22.0 Å². The lowest BCUT2D eigenvalue weighted by molar-refractivity contribution is 0.150. The highest BCUT2D eigenvalue weighted by molar-refractivity contribution is 5.46. The van der Waals surface area contributed by atoms with Gasteiger partial charge in [-0.2, -0.15) is 8.78 Å². The monoisotopic (exact) mass is 342 g/mol. The number of hydrogen-bond acceptors (Lipinski definition) is 2. The molecule has 127 valence electrons. The molecule has 0 spiro atoms. The van der Waals surface area contributed by atoms with Crippen LogP contribution in [-0.4, -0.2) is 19.2 Å². The molecule has 0 bridgehead atoms. The lowest BCUT2D eigenvalue weighted by Crippen LogP contribution is -2.38. The van der Waals surface area contributed by atoms with Gasteiger partial charge >= 0.3 is 0 Å². The lowest BCUT2D eigenvalue weighted by atomic mass is 10.1. The Hall–Kier alpha value is -2.31. The second kappa shape index (κ2) is 6.67. The van der Waals surface area contributed by atoms with Gasteiger partial charge in [-0.3, -0.25) is 0 Å². The fourth-order valence-corrected chi connectivity index (χ4v) is 2.68. The molecule has 0 N–H and O–H groups in total. The van der Waals surface area contributed by atoms with Gasteiger partial charge in [0, 0.05) is 31.6 Å². The molecular formula is C17H13F5NO. The van der Waals surface area contributed by atoms with Gasteiger partial charge in [-0.05, 0) is 18.2 Å². The van der Waals surface area contributed by atoms with Gasteiger partial charge in [0.1, 0.15) is 6.10 Å². The number of rotatable bonds is 3. The predicted molar refractivity (Wildman–Crippen MR) is 77.4 cm³/mol. The second-order valence-electron chi connectivity index (χ2n) is 5.46.